The van der Waals surface area contributed by atoms with Crippen LogP contribution in [0.3, 0.4) is 0 Å². The molecule has 3 rings (SSSR count). The molecule has 0 bridgehead atoms. The van der Waals surface area contributed by atoms with Gasteiger partial charge in [-0.3, -0.25) is 10.00 Å². The van der Waals surface area contributed by atoms with E-state index < -0.39 is 0 Å². The SMILES string of the molecule is c1ccc(CN2CCCC(Nc3ccn[nH]3)C2)cc1. The van der Waals surface area contributed by atoms with Crippen molar-refractivity contribution >= 4 is 5.82 Å². The van der Waals surface area contributed by atoms with E-state index in [9.17, 15) is 0 Å². The fraction of sp³-hybridized carbons (Fsp3) is 0.400. The lowest BCUT2D eigenvalue weighted by Crippen LogP contribution is -2.41. The summed E-state index contributed by atoms with van der Waals surface area (Å²) in [4.78, 5) is 2.52. The Kier molecular flexibility index (Phi) is 3.79. The standard InChI is InChI=1S/C15H20N4/c1-2-5-13(6-3-1)11-19-10-4-7-14(12-19)17-15-8-9-16-18-15/h1-3,5-6,8-9,14H,4,7,10-12H2,(H2,16,17,18). The maximum atomic E-state index is 3.97. The maximum absolute atomic E-state index is 3.97. The number of benzene rings is 1. The molecule has 0 aliphatic carbocycles. The molecular weight excluding hydrogens is 236 g/mol. The lowest BCUT2D eigenvalue weighted by atomic mass is 10.0. The van der Waals surface area contributed by atoms with Gasteiger partial charge in [-0.25, -0.2) is 0 Å². The first-order chi connectivity index (χ1) is 9.40. The molecule has 1 atom stereocenters. The molecule has 1 saturated heterocycles. The summed E-state index contributed by atoms with van der Waals surface area (Å²) >= 11 is 0. The largest absolute Gasteiger partial charge is 0.366 e. The summed E-state index contributed by atoms with van der Waals surface area (Å²) in [6.07, 6.45) is 4.26. The van der Waals surface area contributed by atoms with Crippen molar-refractivity contribution in [3.63, 3.8) is 0 Å². The molecule has 19 heavy (non-hydrogen) atoms. The number of H-pyrrole nitrogens is 1. The van der Waals surface area contributed by atoms with Crippen LogP contribution in [0.4, 0.5) is 5.82 Å². The maximum Gasteiger partial charge on any atom is 0.121 e. The molecule has 2 aromatic rings. The molecule has 2 heterocycles. The van der Waals surface area contributed by atoms with Gasteiger partial charge in [0.25, 0.3) is 0 Å². The van der Waals surface area contributed by atoms with Crippen molar-refractivity contribution < 1.29 is 0 Å². The Bertz CT molecular complexity index is 480. The van der Waals surface area contributed by atoms with Crippen LogP contribution in [0.15, 0.2) is 42.6 Å². The molecule has 1 fully saturated rings. The van der Waals surface area contributed by atoms with Gasteiger partial charge in [-0.15, -0.1) is 0 Å². The Hall–Kier alpha value is -1.81. The molecule has 0 saturated carbocycles. The quantitative estimate of drug-likeness (QED) is 0.883. The van der Waals surface area contributed by atoms with Crippen LogP contribution >= 0.6 is 0 Å². The van der Waals surface area contributed by atoms with Crippen molar-refractivity contribution in [3.8, 4) is 0 Å². The Morgan fingerprint density at radius 2 is 2.16 bits per heavy atom. The Morgan fingerprint density at radius 3 is 2.95 bits per heavy atom. The van der Waals surface area contributed by atoms with Crippen molar-refractivity contribution in [3.05, 3.63) is 48.2 Å². The van der Waals surface area contributed by atoms with Crippen molar-refractivity contribution in [2.45, 2.75) is 25.4 Å². The summed E-state index contributed by atoms with van der Waals surface area (Å²) in [5, 5.41) is 10.5. The zero-order valence-electron chi connectivity index (χ0n) is 11.0. The molecule has 0 spiro atoms. The molecular formula is C15H20N4. The van der Waals surface area contributed by atoms with Gasteiger partial charge in [-0.1, -0.05) is 30.3 Å². The van der Waals surface area contributed by atoms with Gasteiger partial charge in [0.1, 0.15) is 5.82 Å². The minimum absolute atomic E-state index is 0.512. The van der Waals surface area contributed by atoms with E-state index in [0.29, 0.717) is 6.04 Å². The second kappa shape index (κ2) is 5.89. The molecule has 1 aliphatic rings. The Labute approximate surface area is 113 Å². The number of piperidine rings is 1. The number of aromatic amines is 1. The smallest absolute Gasteiger partial charge is 0.121 e. The van der Waals surface area contributed by atoms with E-state index in [-0.39, 0.29) is 0 Å². The molecule has 0 amide bonds. The number of likely N-dealkylation sites (tertiary alicyclic amines) is 1. The van der Waals surface area contributed by atoms with E-state index >= 15 is 0 Å². The first-order valence-corrected chi connectivity index (χ1v) is 6.92. The molecule has 0 radical (unpaired) electrons. The van der Waals surface area contributed by atoms with Gasteiger partial charge in [-0.05, 0) is 31.0 Å². The molecule has 4 nitrogen and oxygen atoms in total. The first kappa shape index (κ1) is 12.2. The van der Waals surface area contributed by atoms with Crippen molar-refractivity contribution in [1.82, 2.24) is 15.1 Å². The van der Waals surface area contributed by atoms with Gasteiger partial charge < -0.3 is 5.32 Å². The minimum atomic E-state index is 0.512. The highest BCUT2D eigenvalue weighted by Crippen LogP contribution is 2.16. The molecule has 1 unspecified atom stereocenters. The van der Waals surface area contributed by atoms with Crippen LogP contribution in [-0.2, 0) is 6.54 Å². The lowest BCUT2D eigenvalue weighted by molar-refractivity contribution is 0.208. The summed E-state index contributed by atoms with van der Waals surface area (Å²) in [6, 6.07) is 13.2. The number of aromatic nitrogens is 2. The van der Waals surface area contributed by atoms with Gasteiger partial charge in [0, 0.05) is 19.1 Å². The molecule has 1 aromatic heterocycles. The first-order valence-electron chi connectivity index (χ1n) is 6.92. The van der Waals surface area contributed by atoms with E-state index in [1.807, 2.05) is 6.07 Å². The molecule has 2 N–H and O–H groups in total. The third kappa shape index (κ3) is 3.35. The average molecular weight is 256 g/mol. The van der Waals surface area contributed by atoms with Crippen LogP contribution in [0.1, 0.15) is 18.4 Å². The molecule has 1 aromatic carbocycles. The molecule has 4 heteroatoms. The van der Waals surface area contributed by atoms with E-state index in [0.717, 1.165) is 18.9 Å². The predicted molar refractivity (Wildman–Crippen MR) is 77.0 cm³/mol. The van der Waals surface area contributed by atoms with Crippen molar-refractivity contribution in [2.75, 3.05) is 18.4 Å². The number of hydrogen-bond donors (Lipinski definition) is 2. The Morgan fingerprint density at radius 1 is 1.26 bits per heavy atom. The normalized spacial score (nSPS) is 20.3. The van der Waals surface area contributed by atoms with Crippen LogP contribution in [0.5, 0.6) is 0 Å². The highest BCUT2D eigenvalue weighted by atomic mass is 15.2. The minimum Gasteiger partial charge on any atom is -0.366 e. The van der Waals surface area contributed by atoms with Gasteiger partial charge >= 0.3 is 0 Å². The van der Waals surface area contributed by atoms with Gasteiger partial charge in [0.2, 0.25) is 0 Å². The second-order valence-corrected chi connectivity index (χ2v) is 5.17. The monoisotopic (exact) mass is 256 g/mol. The number of rotatable bonds is 4. The van der Waals surface area contributed by atoms with Crippen molar-refractivity contribution in [2.24, 2.45) is 0 Å². The van der Waals surface area contributed by atoms with E-state index in [2.05, 4.69) is 50.7 Å². The second-order valence-electron chi connectivity index (χ2n) is 5.17. The van der Waals surface area contributed by atoms with Crippen LogP contribution in [-0.4, -0.2) is 34.2 Å². The number of nitrogens with zero attached hydrogens (tertiary/aromatic N) is 2. The summed E-state index contributed by atoms with van der Waals surface area (Å²) in [6.45, 7) is 3.33. The zero-order valence-corrected chi connectivity index (χ0v) is 11.0. The Balaban J connectivity index is 1.56. The molecule has 100 valence electrons. The average Bonchev–Trinajstić information content (AvgIpc) is 2.93. The third-order valence-corrected chi connectivity index (χ3v) is 3.61. The van der Waals surface area contributed by atoms with Gasteiger partial charge in [0.15, 0.2) is 0 Å². The summed E-state index contributed by atoms with van der Waals surface area (Å²) in [5.74, 6) is 1.02. The van der Waals surface area contributed by atoms with E-state index in [1.54, 1.807) is 6.20 Å². The summed E-state index contributed by atoms with van der Waals surface area (Å²) in [7, 11) is 0. The van der Waals surface area contributed by atoms with Crippen LogP contribution < -0.4 is 5.32 Å². The number of nitrogens with one attached hydrogen (secondary N) is 2. The van der Waals surface area contributed by atoms with Crippen LogP contribution in [0.2, 0.25) is 0 Å². The van der Waals surface area contributed by atoms with Crippen LogP contribution in [0, 0.1) is 0 Å². The highest BCUT2D eigenvalue weighted by molar-refractivity contribution is 5.33. The zero-order chi connectivity index (χ0) is 12.9. The fourth-order valence-corrected chi connectivity index (χ4v) is 2.71. The highest BCUT2D eigenvalue weighted by Gasteiger charge is 2.19. The van der Waals surface area contributed by atoms with Crippen molar-refractivity contribution in [1.29, 1.82) is 0 Å². The lowest BCUT2D eigenvalue weighted by Gasteiger charge is -2.33. The summed E-state index contributed by atoms with van der Waals surface area (Å²) in [5.41, 5.74) is 1.39. The third-order valence-electron chi connectivity index (χ3n) is 3.61. The number of anilines is 1. The topological polar surface area (TPSA) is 44.0 Å². The predicted octanol–water partition coefficient (Wildman–Crippen LogP) is 2.49. The number of hydrogen-bond acceptors (Lipinski definition) is 3. The van der Waals surface area contributed by atoms with E-state index in [1.165, 1.54) is 24.9 Å². The van der Waals surface area contributed by atoms with Gasteiger partial charge in [-0.2, -0.15) is 5.10 Å². The van der Waals surface area contributed by atoms with Crippen LogP contribution in [0.25, 0.3) is 0 Å². The fourth-order valence-electron chi connectivity index (χ4n) is 2.71. The summed E-state index contributed by atoms with van der Waals surface area (Å²) < 4.78 is 0. The van der Waals surface area contributed by atoms with E-state index in [4.69, 9.17) is 0 Å². The molecule has 1 aliphatic heterocycles. The van der Waals surface area contributed by atoms with Gasteiger partial charge in [0.05, 0.1) is 6.20 Å².